The van der Waals surface area contributed by atoms with Gasteiger partial charge >= 0.3 is 0 Å². The van der Waals surface area contributed by atoms with Crippen LogP contribution in [0.4, 0.5) is 5.13 Å². The molecule has 150 valence electrons. The van der Waals surface area contributed by atoms with Gasteiger partial charge in [-0.2, -0.15) is 0 Å². The lowest BCUT2D eigenvalue weighted by atomic mass is 10.0. The van der Waals surface area contributed by atoms with Gasteiger partial charge in [0.2, 0.25) is 5.13 Å². The number of aryl methyl sites for hydroxylation is 1. The maximum Gasteiger partial charge on any atom is 0.210 e. The van der Waals surface area contributed by atoms with Crippen LogP contribution in [0.3, 0.4) is 0 Å². The van der Waals surface area contributed by atoms with Gasteiger partial charge in [0.1, 0.15) is 5.75 Å². The van der Waals surface area contributed by atoms with Crippen LogP contribution in [0.15, 0.2) is 96.0 Å². The quantitative estimate of drug-likeness (QED) is 0.308. The molecule has 0 saturated carbocycles. The maximum atomic E-state index is 10.4. The van der Waals surface area contributed by atoms with Crippen molar-refractivity contribution in [2.24, 2.45) is 4.99 Å². The summed E-state index contributed by atoms with van der Waals surface area (Å²) in [6.07, 6.45) is 1.71. The van der Waals surface area contributed by atoms with Crippen LogP contribution >= 0.6 is 11.3 Å². The average Bonchev–Trinajstić information content (AvgIpc) is 3.24. The molecule has 0 aliphatic rings. The van der Waals surface area contributed by atoms with E-state index in [-0.39, 0.29) is 5.75 Å². The molecule has 0 amide bonds. The third kappa shape index (κ3) is 3.86. The van der Waals surface area contributed by atoms with Gasteiger partial charge in [0.05, 0.1) is 10.6 Å². The molecule has 3 nitrogen and oxygen atoms in total. The Labute approximate surface area is 185 Å². The SMILES string of the molecule is Cc1ccc(-c2nc(N=Cc3c(O)ccc4ccccc34)sc2-c2ccccc2)cc1. The fourth-order valence-electron chi connectivity index (χ4n) is 3.60. The molecule has 0 unspecified atom stereocenters. The summed E-state index contributed by atoms with van der Waals surface area (Å²) in [6.45, 7) is 2.08. The lowest BCUT2D eigenvalue weighted by Crippen LogP contribution is -1.86. The summed E-state index contributed by atoms with van der Waals surface area (Å²) < 4.78 is 0. The largest absolute Gasteiger partial charge is 0.507 e. The number of benzene rings is 4. The van der Waals surface area contributed by atoms with E-state index in [2.05, 4.69) is 48.3 Å². The number of phenols is 1. The number of nitrogens with zero attached hydrogens (tertiary/aromatic N) is 2. The Morgan fingerprint density at radius 1 is 0.806 bits per heavy atom. The Morgan fingerprint density at radius 3 is 2.35 bits per heavy atom. The van der Waals surface area contributed by atoms with E-state index in [1.54, 1.807) is 23.6 Å². The molecular formula is C27H20N2OS. The van der Waals surface area contributed by atoms with Crippen molar-refractivity contribution in [1.29, 1.82) is 0 Å². The molecule has 4 aromatic carbocycles. The van der Waals surface area contributed by atoms with Gasteiger partial charge in [-0.1, -0.05) is 102 Å². The minimum atomic E-state index is 0.209. The van der Waals surface area contributed by atoms with Crippen molar-refractivity contribution < 1.29 is 5.11 Å². The van der Waals surface area contributed by atoms with Crippen LogP contribution in [-0.4, -0.2) is 16.3 Å². The highest BCUT2D eigenvalue weighted by molar-refractivity contribution is 7.19. The first kappa shape index (κ1) is 19.2. The second kappa shape index (κ2) is 8.17. The number of aromatic hydroxyl groups is 1. The first-order valence-electron chi connectivity index (χ1n) is 10.1. The summed E-state index contributed by atoms with van der Waals surface area (Å²) in [5.41, 5.74) is 5.02. The van der Waals surface area contributed by atoms with Crippen LogP contribution in [0.5, 0.6) is 5.75 Å². The molecule has 0 aliphatic heterocycles. The highest BCUT2D eigenvalue weighted by Crippen LogP contribution is 2.40. The Morgan fingerprint density at radius 2 is 1.55 bits per heavy atom. The van der Waals surface area contributed by atoms with Gasteiger partial charge < -0.3 is 5.11 Å². The fourth-order valence-corrected chi connectivity index (χ4v) is 4.53. The van der Waals surface area contributed by atoms with Crippen molar-refractivity contribution in [3.63, 3.8) is 0 Å². The van der Waals surface area contributed by atoms with Crippen LogP contribution < -0.4 is 0 Å². The fraction of sp³-hybridized carbons (Fsp3) is 0.0370. The summed E-state index contributed by atoms with van der Waals surface area (Å²) in [6, 6.07) is 30.2. The Bertz CT molecular complexity index is 1390. The zero-order valence-corrected chi connectivity index (χ0v) is 17.8. The van der Waals surface area contributed by atoms with Gasteiger partial charge in [0, 0.05) is 17.3 Å². The zero-order valence-electron chi connectivity index (χ0n) is 17.0. The summed E-state index contributed by atoms with van der Waals surface area (Å²) in [5.74, 6) is 0.209. The standard InChI is InChI=1S/C27H20N2OS/c1-18-11-13-20(14-12-18)25-26(21-8-3-2-4-9-21)31-27(29-25)28-17-23-22-10-6-5-7-19(22)15-16-24(23)30/h2-17,30H,1H3. The van der Waals surface area contributed by atoms with Crippen molar-refractivity contribution in [1.82, 2.24) is 4.98 Å². The van der Waals surface area contributed by atoms with E-state index in [1.165, 1.54) is 5.56 Å². The van der Waals surface area contributed by atoms with Crippen LogP contribution in [0.1, 0.15) is 11.1 Å². The van der Waals surface area contributed by atoms with E-state index in [4.69, 9.17) is 4.98 Å². The molecule has 0 atom stereocenters. The number of aromatic nitrogens is 1. The molecule has 0 aliphatic carbocycles. The smallest absolute Gasteiger partial charge is 0.210 e. The molecule has 31 heavy (non-hydrogen) atoms. The molecule has 1 N–H and O–H groups in total. The van der Waals surface area contributed by atoms with Gasteiger partial charge in [0.25, 0.3) is 0 Å². The molecule has 5 rings (SSSR count). The molecule has 0 fully saturated rings. The first-order chi connectivity index (χ1) is 15.2. The van der Waals surface area contributed by atoms with Gasteiger partial charge in [-0.3, -0.25) is 0 Å². The molecule has 5 aromatic rings. The van der Waals surface area contributed by atoms with Gasteiger partial charge in [-0.25, -0.2) is 9.98 Å². The van der Waals surface area contributed by atoms with Gasteiger partial charge in [0.15, 0.2) is 0 Å². The van der Waals surface area contributed by atoms with Gasteiger partial charge in [-0.05, 0) is 29.3 Å². The van der Waals surface area contributed by atoms with Crippen molar-refractivity contribution in [3.8, 4) is 27.4 Å². The predicted molar refractivity (Wildman–Crippen MR) is 131 cm³/mol. The minimum Gasteiger partial charge on any atom is -0.507 e. The normalized spacial score (nSPS) is 11.4. The lowest BCUT2D eigenvalue weighted by Gasteiger charge is -2.04. The summed E-state index contributed by atoms with van der Waals surface area (Å²) in [4.78, 5) is 10.6. The third-order valence-corrected chi connectivity index (χ3v) is 6.24. The summed E-state index contributed by atoms with van der Waals surface area (Å²) in [7, 11) is 0. The van der Waals surface area contributed by atoms with Crippen LogP contribution in [-0.2, 0) is 0 Å². The number of thiazole rings is 1. The molecule has 0 radical (unpaired) electrons. The molecule has 0 saturated heterocycles. The monoisotopic (exact) mass is 420 g/mol. The molecule has 1 heterocycles. The van der Waals surface area contributed by atoms with Crippen molar-refractivity contribution in [3.05, 3.63) is 102 Å². The average molecular weight is 421 g/mol. The Kier molecular flexibility index (Phi) is 5.06. The highest BCUT2D eigenvalue weighted by atomic mass is 32.1. The number of hydrogen-bond donors (Lipinski definition) is 1. The number of phenolic OH excluding ortho intramolecular Hbond substituents is 1. The highest BCUT2D eigenvalue weighted by Gasteiger charge is 2.15. The van der Waals surface area contributed by atoms with Crippen LogP contribution in [0.25, 0.3) is 32.5 Å². The predicted octanol–water partition coefficient (Wildman–Crippen LogP) is 7.39. The van der Waals surface area contributed by atoms with E-state index in [0.29, 0.717) is 10.7 Å². The first-order valence-corrected chi connectivity index (χ1v) is 10.9. The second-order valence-corrected chi connectivity index (χ2v) is 8.36. The molecule has 0 spiro atoms. The van der Waals surface area contributed by atoms with Crippen molar-refractivity contribution in [2.45, 2.75) is 6.92 Å². The van der Waals surface area contributed by atoms with E-state index >= 15 is 0 Å². The Balaban J connectivity index is 1.61. The van der Waals surface area contributed by atoms with Crippen LogP contribution in [0.2, 0.25) is 0 Å². The number of fused-ring (bicyclic) bond motifs is 1. The van der Waals surface area contributed by atoms with E-state index in [0.717, 1.165) is 32.5 Å². The van der Waals surface area contributed by atoms with Gasteiger partial charge in [-0.15, -0.1) is 0 Å². The summed E-state index contributed by atoms with van der Waals surface area (Å²) >= 11 is 1.55. The lowest BCUT2D eigenvalue weighted by molar-refractivity contribution is 0.475. The number of rotatable bonds is 4. The van der Waals surface area contributed by atoms with Crippen LogP contribution in [0, 0.1) is 6.92 Å². The number of hydrogen-bond acceptors (Lipinski definition) is 4. The second-order valence-electron chi connectivity index (χ2n) is 7.38. The topological polar surface area (TPSA) is 45.5 Å². The van der Waals surface area contributed by atoms with E-state index in [1.807, 2.05) is 48.5 Å². The molecule has 1 aromatic heterocycles. The van der Waals surface area contributed by atoms with E-state index in [9.17, 15) is 5.11 Å². The summed E-state index contributed by atoms with van der Waals surface area (Å²) in [5, 5.41) is 13.1. The molecule has 4 heteroatoms. The number of aliphatic imine (C=N–C) groups is 1. The minimum absolute atomic E-state index is 0.209. The van der Waals surface area contributed by atoms with E-state index < -0.39 is 0 Å². The molecular weight excluding hydrogens is 400 g/mol. The maximum absolute atomic E-state index is 10.4. The molecule has 0 bridgehead atoms. The van der Waals surface area contributed by atoms with Crippen molar-refractivity contribution in [2.75, 3.05) is 0 Å². The Hall–Kier alpha value is -3.76. The zero-order chi connectivity index (χ0) is 21.2. The van der Waals surface area contributed by atoms with Crippen molar-refractivity contribution >= 4 is 33.5 Å². The third-order valence-electron chi connectivity index (χ3n) is 5.23.